The van der Waals surface area contributed by atoms with Crippen molar-refractivity contribution >= 4 is 64.7 Å². The van der Waals surface area contributed by atoms with Gasteiger partial charge in [0.1, 0.15) is 16.8 Å². The van der Waals surface area contributed by atoms with Crippen LogP contribution < -0.4 is 4.18 Å². The molecule has 31 heavy (non-hydrogen) atoms. The van der Waals surface area contributed by atoms with Crippen molar-refractivity contribution in [2.45, 2.75) is 4.90 Å². The van der Waals surface area contributed by atoms with E-state index in [2.05, 4.69) is 47.9 Å². The number of H-pyrrole nitrogens is 1. The molecule has 4 rings (SSSR count). The largest absolute Gasteiger partial charge is 0.377 e. The number of halogens is 2. The Balaban J connectivity index is 1.82. The number of allylic oxidation sites excluding steroid dienone is 1. The van der Waals surface area contributed by atoms with Gasteiger partial charge in [-0.3, -0.25) is 0 Å². The number of hydrogen-bond acceptors (Lipinski definition) is 5. The Morgan fingerprint density at radius 1 is 1.06 bits per heavy atom. The van der Waals surface area contributed by atoms with Crippen molar-refractivity contribution in [1.82, 2.24) is 9.97 Å². The summed E-state index contributed by atoms with van der Waals surface area (Å²) in [6.07, 6.45) is 1.53. The maximum Gasteiger partial charge on any atom is 0.339 e. The standard InChI is InChI=1S/C22H13Br2N3O3S/c23-16-11-14(10-15(13-25)22-26-19-8-4-5-9-20(19)27-22)21(18(24)12-16)30-31(28,29)17-6-2-1-3-7-17/h1-12H,(H,26,27)/b15-10+. The van der Waals surface area contributed by atoms with Gasteiger partial charge in [0.2, 0.25) is 0 Å². The van der Waals surface area contributed by atoms with Gasteiger partial charge >= 0.3 is 10.1 Å². The third-order valence-corrected chi connectivity index (χ3v) is 6.61. The number of nitrogens with one attached hydrogen (secondary N) is 1. The molecule has 0 spiro atoms. The molecule has 0 radical (unpaired) electrons. The van der Waals surface area contributed by atoms with Gasteiger partial charge in [-0.2, -0.15) is 13.7 Å². The SMILES string of the molecule is N#C/C(=C\c1cc(Br)cc(Br)c1OS(=O)(=O)c1ccccc1)c1nc2ccccc2[nH]1. The van der Waals surface area contributed by atoms with Crippen molar-refractivity contribution < 1.29 is 12.6 Å². The van der Waals surface area contributed by atoms with Crippen molar-refractivity contribution in [2.24, 2.45) is 0 Å². The number of hydrogen-bond donors (Lipinski definition) is 1. The molecule has 1 aromatic heterocycles. The second-order valence-electron chi connectivity index (χ2n) is 6.43. The third-order valence-electron chi connectivity index (χ3n) is 4.33. The molecule has 4 aromatic rings. The van der Waals surface area contributed by atoms with E-state index in [0.717, 1.165) is 11.0 Å². The van der Waals surface area contributed by atoms with E-state index in [4.69, 9.17) is 4.18 Å². The monoisotopic (exact) mass is 557 g/mol. The van der Waals surface area contributed by atoms with E-state index in [0.29, 0.717) is 20.3 Å². The van der Waals surface area contributed by atoms with Crippen molar-refractivity contribution in [3.05, 3.63) is 87.1 Å². The van der Waals surface area contributed by atoms with Gasteiger partial charge < -0.3 is 9.17 Å². The van der Waals surface area contributed by atoms with Crippen LogP contribution in [0, 0.1) is 11.3 Å². The molecule has 0 aliphatic heterocycles. The highest BCUT2D eigenvalue weighted by atomic mass is 79.9. The minimum atomic E-state index is -4.08. The molecule has 1 N–H and O–H groups in total. The van der Waals surface area contributed by atoms with E-state index < -0.39 is 10.1 Å². The average molecular weight is 559 g/mol. The van der Waals surface area contributed by atoms with E-state index in [1.165, 1.54) is 18.2 Å². The predicted octanol–water partition coefficient (Wildman–Crippen LogP) is 5.92. The minimum Gasteiger partial charge on any atom is -0.377 e. The van der Waals surface area contributed by atoms with E-state index in [-0.39, 0.29) is 16.2 Å². The molecule has 1 heterocycles. The fourth-order valence-corrected chi connectivity index (χ4v) is 5.35. The van der Waals surface area contributed by atoms with E-state index in [9.17, 15) is 13.7 Å². The molecule has 0 aliphatic rings. The normalized spacial score (nSPS) is 12.0. The van der Waals surface area contributed by atoms with Crippen LogP contribution in [0.4, 0.5) is 0 Å². The van der Waals surface area contributed by atoms with Crippen molar-refractivity contribution in [1.29, 1.82) is 5.26 Å². The molecule has 0 fully saturated rings. The van der Waals surface area contributed by atoms with Crippen LogP contribution in [0.15, 0.2) is 80.6 Å². The number of nitrogens with zero attached hydrogens (tertiary/aromatic N) is 2. The number of aromatic nitrogens is 2. The first kappa shape index (κ1) is 21.3. The topological polar surface area (TPSA) is 95.8 Å². The molecule has 6 nitrogen and oxygen atoms in total. The van der Waals surface area contributed by atoms with Crippen LogP contribution in [-0.2, 0) is 10.1 Å². The average Bonchev–Trinajstić information content (AvgIpc) is 3.19. The summed E-state index contributed by atoms with van der Waals surface area (Å²) in [5.74, 6) is 0.438. The van der Waals surface area contributed by atoms with Crippen LogP contribution in [0.2, 0.25) is 0 Å². The van der Waals surface area contributed by atoms with Gasteiger partial charge in [0, 0.05) is 10.0 Å². The zero-order valence-electron chi connectivity index (χ0n) is 15.7. The molecule has 0 atom stereocenters. The lowest BCUT2D eigenvalue weighted by Crippen LogP contribution is -2.11. The molecular formula is C22H13Br2N3O3S. The van der Waals surface area contributed by atoms with Crippen LogP contribution in [0.1, 0.15) is 11.4 Å². The summed E-state index contributed by atoms with van der Waals surface area (Å²) in [4.78, 5) is 7.58. The Morgan fingerprint density at radius 2 is 1.77 bits per heavy atom. The molecule has 3 aromatic carbocycles. The highest BCUT2D eigenvalue weighted by Crippen LogP contribution is 2.37. The molecule has 0 unspecified atom stereocenters. The number of rotatable bonds is 5. The smallest absolute Gasteiger partial charge is 0.339 e. The van der Waals surface area contributed by atoms with Crippen molar-refractivity contribution in [3.63, 3.8) is 0 Å². The second-order valence-corrected chi connectivity index (χ2v) is 9.75. The summed E-state index contributed by atoms with van der Waals surface area (Å²) in [5.41, 5.74) is 2.12. The summed E-state index contributed by atoms with van der Waals surface area (Å²) < 4.78 is 32.1. The lowest BCUT2D eigenvalue weighted by atomic mass is 10.1. The van der Waals surface area contributed by atoms with E-state index >= 15 is 0 Å². The summed E-state index contributed by atoms with van der Waals surface area (Å²) in [7, 11) is -4.08. The Bertz CT molecular complexity index is 1420. The molecular weight excluding hydrogens is 546 g/mol. The number of aromatic amines is 1. The first-order valence-electron chi connectivity index (χ1n) is 8.93. The van der Waals surface area contributed by atoms with Gasteiger partial charge in [-0.25, -0.2) is 4.98 Å². The van der Waals surface area contributed by atoms with Crippen LogP contribution in [0.5, 0.6) is 5.75 Å². The molecule has 0 aliphatic carbocycles. The highest BCUT2D eigenvalue weighted by molar-refractivity contribution is 9.11. The fourth-order valence-electron chi connectivity index (χ4n) is 2.91. The maximum absolute atomic E-state index is 12.8. The Labute approximate surface area is 195 Å². The lowest BCUT2D eigenvalue weighted by molar-refractivity contribution is 0.484. The van der Waals surface area contributed by atoms with Gasteiger partial charge in [-0.05, 0) is 58.4 Å². The first-order valence-corrected chi connectivity index (χ1v) is 11.9. The van der Waals surface area contributed by atoms with Gasteiger partial charge in [-0.15, -0.1) is 0 Å². The number of para-hydroxylation sites is 2. The molecule has 0 bridgehead atoms. The van der Waals surface area contributed by atoms with Crippen LogP contribution >= 0.6 is 31.9 Å². The molecule has 154 valence electrons. The van der Waals surface area contributed by atoms with Gasteiger partial charge in [-0.1, -0.05) is 46.3 Å². The second kappa shape index (κ2) is 8.67. The Kier molecular flexibility index (Phi) is 5.96. The summed E-state index contributed by atoms with van der Waals surface area (Å²) >= 11 is 6.76. The number of imidazole rings is 1. The quantitative estimate of drug-likeness (QED) is 0.242. The first-order chi connectivity index (χ1) is 14.9. The van der Waals surface area contributed by atoms with Crippen molar-refractivity contribution in [2.75, 3.05) is 0 Å². The zero-order valence-corrected chi connectivity index (χ0v) is 19.7. The van der Waals surface area contributed by atoms with Crippen LogP contribution in [0.3, 0.4) is 0 Å². The molecule has 0 saturated heterocycles. The lowest BCUT2D eigenvalue weighted by Gasteiger charge is -2.12. The summed E-state index contributed by atoms with van der Waals surface area (Å²) in [6, 6.07) is 20.7. The van der Waals surface area contributed by atoms with E-state index in [1.54, 1.807) is 30.3 Å². The van der Waals surface area contributed by atoms with E-state index in [1.807, 2.05) is 24.3 Å². The summed E-state index contributed by atoms with van der Waals surface area (Å²) in [6.45, 7) is 0. The van der Waals surface area contributed by atoms with Crippen LogP contribution in [-0.4, -0.2) is 18.4 Å². The number of nitriles is 1. The minimum absolute atomic E-state index is 0.0255. The third kappa shape index (κ3) is 4.56. The number of fused-ring (bicyclic) bond motifs is 1. The van der Waals surface area contributed by atoms with Gasteiger partial charge in [0.25, 0.3) is 0 Å². The van der Waals surface area contributed by atoms with Gasteiger partial charge in [0.05, 0.1) is 21.1 Å². The number of benzene rings is 3. The maximum atomic E-state index is 12.8. The zero-order chi connectivity index (χ0) is 22.0. The van der Waals surface area contributed by atoms with Crippen molar-refractivity contribution in [3.8, 4) is 11.8 Å². The molecule has 0 amide bonds. The Morgan fingerprint density at radius 3 is 2.48 bits per heavy atom. The fraction of sp³-hybridized carbons (Fsp3) is 0. The van der Waals surface area contributed by atoms with Gasteiger partial charge in [0.15, 0.2) is 5.75 Å². The Hall–Kier alpha value is -2.93. The predicted molar refractivity (Wildman–Crippen MR) is 126 cm³/mol. The molecule has 9 heteroatoms. The summed E-state index contributed by atoms with van der Waals surface area (Å²) in [5, 5.41) is 9.75. The van der Waals surface area contributed by atoms with Crippen LogP contribution in [0.25, 0.3) is 22.7 Å². The highest BCUT2D eigenvalue weighted by Gasteiger charge is 2.21. The molecule has 0 saturated carbocycles.